The molecule has 0 aromatic carbocycles. The van der Waals surface area contributed by atoms with Gasteiger partial charge in [-0.3, -0.25) is 4.79 Å². The monoisotopic (exact) mass is 170 g/mol. The summed E-state index contributed by atoms with van der Waals surface area (Å²) in [6.07, 6.45) is 0.740. The molecule has 0 aliphatic carbocycles. The Morgan fingerprint density at radius 3 is 3.08 bits per heavy atom. The lowest BCUT2D eigenvalue weighted by Gasteiger charge is -1.98. The van der Waals surface area contributed by atoms with Crippen LogP contribution in [0.4, 0.5) is 0 Å². The summed E-state index contributed by atoms with van der Waals surface area (Å²) in [5.74, 6) is -0.288. The van der Waals surface area contributed by atoms with Gasteiger partial charge in [0.25, 0.3) is 11.7 Å². The smallest absolute Gasteiger partial charge is 0.292 e. The predicted octanol–water partition coefficient (Wildman–Crippen LogP) is -1.72. The molecular formula is C5H10N6O. The van der Waals surface area contributed by atoms with Crippen LogP contribution in [0.15, 0.2) is 0 Å². The van der Waals surface area contributed by atoms with Crippen LogP contribution in [0, 0.1) is 0 Å². The van der Waals surface area contributed by atoms with Gasteiger partial charge in [-0.25, -0.2) is 0 Å². The van der Waals surface area contributed by atoms with Crippen molar-refractivity contribution in [1.82, 2.24) is 25.9 Å². The van der Waals surface area contributed by atoms with Crippen molar-refractivity contribution in [2.45, 2.75) is 6.42 Å². The van der Waals surface area contributed by atoms with Gasteiger partial charge in [0.2, 0.25) is 0 Å². The van der Waals surface area contributed by atoms with Crippen LogP contribution < -0.4 is 11.1 Å². The average molecular weight is 170 g/mol. The van der Waals surface area contributed by atoms with Gasteiger partial charge in [0.05, 0.1) is 0 Å². The second kappa shape index (κ2) is 4.39. The summed E-state index contributed by atoms with van der Waals surface area (Å²) in [7, 11) is 0. The lowest BCUT2D eigenvalue weighted by atomic mass is 10.4. The minimum atomic E-state index is -0.336. The van der Waals surface area contributed by atoms with Crippen LogP contribution in [0.2, 0.25) is 0 Å². The number of rotatable bonds is 4. The molecule has 0 radical (unpaired) electrons. The maximum Gasteiger partial charge on any atom is 0.292 e. The van der Waals surface area contributed by atoms with Gasteiger partial charge in [-0.2, -0.15) is 5.21 Å². The Morgan fingerprint density at radius 2 is 2.50 bits per heavy atom. The molecule has 0 bridgehead atoms. The SMILES string of the molecule is NCCCNC(=O)c1nn[nH]n1. The highest BCUT2D eigenvalue weighted by molar-refractivity contribution is 5.89. The highest BCUT2D eigenvalue weighted by Gasteiger charge is 2.08. The Kier molecular flexibility index (Phi) is 3.15. The fourth-order valence-electron chi connectivity index (χ4n) is 0.641. The van der Waals surface area contributed by atoms with Crippen LogP contribution in [-0.4, -0.2) is 39.6 Å². The summed E-state index contributed by atoms with van der Waals surface area (Å²) in [5, 5.41) is 15.0. The normalized spacial score (nSPS) is 9.75. The minimum absolute atomic E-state index is 0.0482. The maximum absolute atomic E-state index is 11.0. The molecule has 0 saturated carbocycles. The number of carbonyl (C=O) groups is 1. The molecule has 0 aliphatic heterocycles. The van der Waals surface area contributed by atoms with E-state index in [1.807, 2.05) is 0 Å². The molecular weight excluding hydrogens is 160 g/mol. The third-order valence-corrected chi connectivity index (χ3v) is 1.21. The summed E-state index contributed by atoms with van der Waals surface area (Å²) in [5.41, 5.74) is 5.23. The summed E-state index contributed by atoms with van der Waals surface area (Å²) in [6, 6.07) is 0. The molecule has 7 heteroatoms. The third kappa shape index (κ3) is 2.27. The van der Waals surface area contributed by atoms with Crippen molar-refractivity contribution < 1.29 is 4.79 Å². The van der Waals surface area contributed by atoms with E-state index < -0.39 is 0 Å². The number of aromatic amines is 1. The van der Waals surface area contributed by atoms with Gasteiger partial charge < -0.3 is 11.1 Å². The van der Waals surface area contributed by atoms with Gasteiger partial charge in [-0.05, 0) is 18.2 Å². The van der Waals surface area contributed by atoms with Crippen molar-refractivity contribution in [3.05, 3.63) is 5.82 Å². The number of amides is 1. The molecule has 0 aliphatic rings. The first-order valence-electron chi connectivity index (χ1n) is 3.56. The standard InChI is InChI=1S/C5H10N6O/c6-2-1-3-7-5(12)4-8-10-11-9-4/h1-3,6H2,(H,7,12)(H,8,9,10,11). The van der Waals surface area contributed by atoms with Crippen molar-refractivity contribution in [2.75, 3.05) is 13.1 Å². The van der Waals surface area contributed by atoms with Crippen molar-refractivity contribution in [3.8, 4) is 0 Å². The van der Waals surface area contributed by atoms with E-state index in [1.165, 1.54) is 0 Å². The number of tetrazole rings is 1. The summed E-state index contributed by atoms with van der Waals surface area (Å²) in [4.78, 5) is 11.0. The zero-order valence-corrected chi connectivity index (χ0v) is 6.45. The fourth-order valence-corrected chi connectivity index (χ4v) is 0.641. The van der Waals surface area contributed by atoms with Gasteiger partial charge in [-0.1, -0.05) is 0 Å². The van der Waals surface area contributed by atoms with Gasteiger partial charge >= 0.3 is 0 Å². The Labute approximate surface area is 68.7 Å². The zero-order chi connectivity index (χ0) is 8.81. The van der Waals surface area contributed by atoms with Crippen LogP contribution in [0.25, 0.3) is 0 Å². The molecule has 0 atom stereocenters. The van der Waals surface area contributed by atoms with Gasteiger partial charge in [0, 0.05) is 6.54 Å². The van der Waals surface area contributed by atoms with E-state index in [0.717, 1.165) is 6.42 Å². The van der Waals surface area contributed by atoms with Crippen molar-refractivity contribution >= 4 is 5.91 Å². The second-order valence-corrected chi connectivity index (χ2v) is 2.13. The van der Waals surface area contributed by atoms with Gasteiger partial charge in [0.15, 0.2) is 0 Å². The molecule has 0 unspecified atom stereocenters. The number of hydrogen-bond donors (Lipinski definition) is 3. The number of hydrogen-bond acceptors (Lipinski definition) is 5. The second-order valence-electron chi connectivity index (χ2n) is 2.13. The molecule has 1 aromatic heterocycles. The number of aromatic nitrogens is 4. The predicted molar refractivity (Wildman–Crippen MR) is 40.2 cm³/mol. The van der Waals surface area contributed by atoms with Crippen LogP contribution in [0.5, 0.6) is 0 Å². The van der Waals surface area contributed by atoms with Crippen LogP contribution in [-0.2, 0) is 0 Å². The van der Waals surface area contributed by atoms with Crippen LogP contribution >= 0.6 is 0 Å². The van der Waals surface area contributed by atoms with Gasteiger partial charge in [-0.15, -0.1) is 10.2 Å². The first kappa shape index (κ1) is 8.60. The van der Waals surface area contributed by atoms with E-state index in [9.17, 15) is 4.79 Å². The van der Waals surface area contributed by atoms with Crippen molar-refractivity contribution in [1.29, 1.82) is 0 Å². The number of nitrogens with two attached hydrogens (primary N) is 1. The number of carbonyl (C=O) groups excluding carboxylic acids is 1. The average Bonchev–Trinajstić information content (AvgIpc) is 2.56. The maximum atomic E-state index is 11.0. The topological polar surface area (TPSA) is 110 Å². The number of nitrogens with one attached hydrogen (secondary N) is 2. The molecule has 12 heavy (non-hydrogen) atoms. The number of H-pyrrole nitrogens is 1. The van der Waals surface area contributed by atoms with Crippen molar-refractivity contribution in [2.24, 2.45) is 5.73 Å². The summed E-state index contributed by atoms with van der Waals surface area (Å²) >= 11 is 0. The quantitative estimate of drug-likeness (QED) is 0.465. The van der Waals surface area contributed by atoms with E-state index in [0.29, 0.717) is 13.1 Å². The molecule has 1 aromatic rings. The molecule has 0 fully saturated rings. The van der Waals surface area contributed by atoms with E-state index in [2.05, 4.69) is 25.9 Å². The summed E-state index contributed by atoms with van der Waals surface area (Å²) < 4.78 is 0. The minimum Gasteiger partial charge on any atom is -0.349 e. The Morgan fingerprint density at radius 1 is 1.67 bits per heavy atom. The lowest BCUT2D eigenvalue weighted by Crippen LogP contribution is -2.26. The Hall–Kier alpha value is -1.50. The molecule has 1 amide bonds. The molecule has 1 heterocycles. The van der Waals surface area contributed by atoms with Crippen molar-refractivity contribution in [3.63, 3.8) is 0 Å². The van der Waals surface area contributed by atoms with E-state index in [4.69, 9.17) is 5.73 Å². The Bertz CT molecular complexity index is 232. The third-order valence-electron chi connectivity index (χ3n) is 1.21. The van der Waals surface area contributed by atoms with E-state index >= 15 is 0 Å². The molecule has 4 N–H and O–H groups in total. The highest BCUT2D eigenvalue weighted by atomic mass is 16.2. The molecule has 7 nitrogen and oxygen atoms in total. The van der Waals surface area contributed by atoms with Crippen LogP contribution in [0.1, 0.15) is 17.0 Å². The first-order chi connectivity index (χ1) is 5.84. The fraction of sp³-hybridized carbons (Fsp3) is 0.600. The molecule has 0 saturated heterocycles. The van der Waals surface area contributed by atoms with E-state index in [-0.39, 0.29) is 11.7 Å². The first-order valence-corrected chi connectivity index (χ1v) is 3.56. The zero-order valence-electron chi connectivity index (χ0n) is 6.45. The largest absolute Gasteiger partial charge is 0.349 e. The molecule has 66 valence electrons. The Balaban J connectivity index is 2.30. The van der Waals surface area contributed by atoms with Gasteiger partial charge in [0.1, 0.15) is 0 Å². The highest BCUT2D eigenvalue weighted by Crippen LogP contribution is 1.82. The van der Waals surface area contributed by atoms with Crippen LogP contribution in [0.3, 0.4) is 0 Å². The summed E-state index contributed by atoms with van der Waals surface area (Å²) in [6.45, 7) is 1.08. The molecule has 0 spiro atoms. The lowest BCUT2D eigenvalue weighted by molar-refractivity contribution is 0.0943. The number of nitrogens with zero attached hydrogens (tertiary/aromatic N) is 3. The van der Waals surface area contributed by atoms with E-state index in [1.54, 1.807) is 0 Å². The molecule has 1 rings (SSSR count).